The van der Waals surface area contributed by atoms with E-state index in [0.29, 0.717) is 43.8 Å². The highest BCUT2D eigenvalue weighted by Gasteiger charge is 2.13. The molecule has 3 atom stereocenters. The van der Waals surface area contributed by atoms with Crippen LogP contribution in [0.15, 0.2) is 0 Å². The summed E-state index contributed by atoms with van der Waals surface area (Å²) in [5.41, 5.74) is 0. The van der Waals surface area contributed by atoms with Crippen LogP contribution in [0.1, 0.15) is 144 Å². The standard InChI is InChI=1S/C29H56O4/c1-6-10-19-26(8-3)23-32-28(30)21-17-15-13-12-14-16-18-25(5)22-29(31)33-24-27(9-4)20-11-7-2/h25-27H,6-24H2,1-5H3. The Morgan fingerprint density at radius 2 is 1.09 bits per heavy atom. The zero-order chi connectivity index (χ0) is 24.7. The topological polar surface area (TPSA) is 52.6 Å². The summed E-state index contributed by atoms with van der Waals surface area (Å²) >= 11 is 0. The molecule has 33 heavy (non-hydrogen) atoms. The second-order valence-corrected chi connectivity index (χ2v) is 10.2. The van der Waals surface area contributed by atoms with Crippen LogP contribution in [0, 0.1) is 17.8 Å². The van der Waals surface area contributed by atoms with Crippen molar-refractivity contribution in [1.82, 2.24) is 0 Å². The Balaban J connectivity index is 3.64. The van der Waals surface area contributed by atoms with Crippen molar-refractivity contribution >= 4 is 11.9 Å². The van der Waals surface area contributed by atoms with Gasteiger partial charge in [0.1, 0.15) is 0 Å². The molecule has 0 rings (SSSR count). The molecule has 0 aliphatic heterocycles. The molecule has 0 radical (unpaired) electrons. The first kappa shape index (κ1) is 31.9. The van der Waals surface area contributed by atoms with Crippen LogP contribution in [0.4, 0.5) is 0 Å². The molecule has 0 aromatic carbocycles. The average molecular weight is 469 g/mol. The van der Waals surface area contributed by atoms with E-state index in [0.717, 1.165) is 38.5 Å². The molecule has 0 aliphatic carbocycles. The van der Waals surface area contributed by atoms with Crippen molar-refractivity contribution in [2.45, 2.75) is 144 Å². The Bertz CT molecular complexity index is 463. The highest BCUT2D eigenvalue weighted by Crippen LogP contribution is 2.18. The molecule has 4 nitrogen and oxygen atoms in total. The molecule has 0 saturated heterocycles. The maximum absolute atomic E-state index is 12.1. The van der Waals surface area contributed by atoms with Gasteiger partial charge in [0.25, 0.3) is 0 Å². The number of carbonyl (C=O) groups is 2. The fourth-order valence-corrected chi connectivity index (χ4v) is 4.20. The molecule has 0 heterocycles. The maximum Gasteiger partial charge on any atom is 0.306 e. The van der Waals surface area contributed by atoms with Gasteiger partial charge in [-0.25, -0.2) is 0 Å². The molecule has 0 fully saturated rings. The quantitative estimate of drug-likeness (QED) is 0.111. The molecule has 0 bridgehead atoms. The first-order chi connectivity index (χ1) is 16.0. The third-order valence-corrected chi connectivity index (χ3v) is 6.89. The largest absolute Gasteiger partial charge is 0.465 e. The normalized spacial score (nSPS) is 14.0. The van der Waals surface area contributed by atoms with Gasteiger partial charge in [0.15, 0.2) is 0 Å². The van der Waals surface area contributed by atoms with Crippen molar-refractivity contribution in [3.63, 3.8) is 0 Å². The predicted octanol–water partition coefficient (Wildman–Crippen LogP) is 8.65. The fourth-order valence-electron chi connectivity index (χ4n) is 4.20. The van der Waals surface area contributed by atoms with E-state index in [2.05, 4.69) is 34.6 Å². The average Bonchev–Trinajstić information content (AvgIpc) is 2.81. The number of unbranched alkanes of at least 4 members (excludes halogenated alkanes) is 7. The number of esters is 2. The monoisotopic (exact) mass is 468 g/mol. The van der Waals surface area contributed by atoms with Gasteiger partial charge < -0.3 is 9.47 Å². The van der Waals surface area contributed by atoms with E-state index in [1.54, 1.807) is 0 Å². The Morgan fingerprint density at radius 3 is 1.61 bits per heavy atom. The van der Waals surface area contributed by atoms with E-state index >= 15 is 0 Å². The molecule has 0 aromatic heterocycles. The molecule has 0 N–H and O–H groups in total. The lowest BCUT2D eigenvalue weighted by molar-refractivity contribution is -0.146. The molecule has 0 saturated carbocycles. The number of carbonyl (C=O) groups excluding carboxylic acids is 2. The third-order valence-electron chi connectivity index (χ3n) is 6.89. The van der Waals surface area contributed by atoms with E-state index in [9.17, 15) is 9.59 Å². The summed E-state index contributed by atoms with van der Waals surface area (Å²) in [6.45, 7) is 12.1. The highest BCUT2D eigenvalue weighted by molar-refractivity contribution is 5.69. The Kier molecular flexibility index (Phi) is 22.0. The van der Waals surface area contributed by atoms with Crippen molar-refractivity contribution in [2.24, 2.45) is 17.8 Å². The summed E-state index contributed by atoms with van der Waals surface area (Å²) in [5, 5.41) is 0. The summed E-state index contributed by atoms with van der Waals surface area (Å²) in [4.78, 5) is 24.0. The van der Waals surface area contributed by atoms with Gasteiger partial charge in [-0.3, -0.25) is 9.59 Å². The van der Waals surface area contributed by atoms with Crippen LogP contribution in [0.5, 0.6) is 0 Å². The highest BCUT2D eigenvalue weighted by atomic mass is 16.5. The first-order valence-corrected chi connectivity index (χ1v) is 14.3. The molecule has 0 spiro atoms. The number of hydrogen-bond acceptors (Lipinski definition) is 4. The molecular weight excluding hydrogens is 412 g/mol. The smallest absolute Gasteiger partial charge is 0.306 e. The zero-order valence-electron chi connectivity index (χ0n) is 22.8. The summed E-state index contributed by atoms with van der Waals surface area (Å²) in [6.07, 6.45) is 18.3. The van der Waals surface area contributed by atoms with Crippen LogP contribution in [-0.4, -0.2) is 25.2 Å². The van der Waals surface area contributed by atoms with E-state index in [4.69, 9.17) is 9.47 Å². The van der Waals surface area contributed by atoms with Crippen LogP contribution in [0.2, 0.25) is 0 Å². The molecule has 3 unspecified atom stereocenters. The van der Waals surface area contributed by atoms with Gasteiger partial charge in [0.05, 0.1) is 13.2 Å². The predicted molar refractivity (Wildman–Crippen MR) is 139 cm³/mol. The van der Waals surface area contributed by atoms with Crippen molar-refractivity contribution in [2.75, 3.05) is 13.2 Å². The second-order valence-electron chi connectivity index (χ2n) is 10.2. The molecule has 0 aliphatic rings. The zero-order valence-corrected chi connectivity index (χ0v) is 22.8. The minimum atomic E-state index is -0.0278. The van der Waals surface area contributed by atoms with Gasteiger partial charge in [-0.05, 0) is 37.0 Å². The minimum absolute atomic E-state index is 0.0266. The fraction of sp³-hybridized carbons (Fsp3) is 0.931. The van der Waals surface area contributed by atoms with Gasteiger partial charge in [-0.15, -0.1) is 0 Å². The summed E-state index contributed by atoms with van der Waals surface area (Å²) in [7, 11) is 0. The summed E-state index contributed by atoms with van der Waals surface area (Å²) in [5.74, 6) is 1.39. The minimum Gasteiger partial charge on any atom is -0.465 e. The van der Waals surface area contributed by atoms with Gasteiger partial charge in [0.2, 0.25) is 0 Å². The van der Waals surface area contributed by atoms with E-state index in [1.807, 2.05) is 0 Å². The van der Waals surface area contributed by atoms with Crippen molar-refractivity contribution in [3.05, 3.63) is 0 Å². The number of rotatable bonds is 23. The molecule has 0 amide bonds. The van der Waals surface area contributed by atoms with Gasteiger partial charge in [0, 0.05) is 12.8 Å². The number of ether oxygens (including phenoxy) is 2. The third kappa shape index (κ3) is 20.1. The lowest BCUT2D eigenvalue weighted by atomic mass is 9.98. The second kappa shape index (κ2) is 22.7. The van der Waals surface area contributed by atoms with Crippen LogP contribution in [0.3, 0.4) is 0 Å². The Hall–Kier alpha value is -1.06. The summed E-state index contributed by atoms with van der Waals surface area (Å²) < 4.78 is 11.0. The van der Waals surface area contributed by atoms with Crippen LogP contribution < -0.4 is 0 Å². The molecule has 4 heteroatoms. The summed E-state index contributed by atoms with van der Waals surface area (Å²) in [6, 6.07) is 0. The van der Waals surface area contributed by atoms with Gasteiger partial charge >= 0.3 is 11.9 Å². The molecule has 196 valence electrons. The van der Waals surface area contributed by atoms with Crippen LogP contribution in [0.25, 0.3) is 0 Å². The lowest BCUT2D eigenvalue weighted by Crippen LogP contribution is -2.15. The Morgan fingerprint density at radius 1 is 0.606 bits per heavy atom. The van der Waals surface area contributed by atoms with Crippen molar-refractivity contribution < 1.29 is 19.1 Å². The maximum atomic E-state index is 12.1. The Labute approximate surface area is 206 Å². The van der Waals surface area contributed by atoms with E-state index < -0.39 is 0 Å². The van der Waals surface area contributed by atoms with E-state index in [-0.39, 0.29) is 11.9 Å². The molecular formula is C29H56O4. The van der Waals surface area contributed by atoms with Gasteiger partial charge in [-0.2, -0.15) is 0 Å². The van der Waals surface area contributed by atoms with Crippen LogP contribution >= 0.6 is 0 Å². The first-order valence-electron chi connectivity index (χ1n) is 14.3. The lowest BCUT2D eigenvalue weighted by Gasteiger charge is -2.16. The van der Waals surface area contributed by atoms with Gasteiger partial charge in [-0.1, -0.05) is 112 Å². The van der Waals surface area contributed by atoms with E-state index in [1.165, 1.54) is 57.8 Å². The van der Waals surface area contributed by atoms with Crippen molar-refractivity contribution in [3.8, 4) is 0 Å². The van der Waals surface area contributed by atoms with Crippen molar-refractivity contribution in [1.29, 1.82) is 0 Å². The SMILES string of the molecule is CCCCC(CC)COC(=O)CCCCCCCCC(C)CC(=O)OCC(CC)CCCC. The molecule has 0 aromatic rings. The van der Waals surface area contributed by atoms with Crippen LogP contribution in [-0.2, 0) is 19.1 Å². The number of hydrogen-bond donors (Lipinski definition) is 0.